The van der Waals surface area contributed by atoms with Gasteiger partial charge in [0, 0.05) is 48.5 Å². The number of benzene rings is 1. The third-order valence-corrected chi connectivity index (χ3v) is 5.31. The van der Waals surface area contributed by atoms with Crippen LogP contribution in [0.15, 0.2) is 35.8 Å². The zero-order valence-corrected chi connectivity index (χ0v) is 15.2. The van der Waals surface area contributed by atoms with Crippen molar-refractivity contribution in [2.75, 3.05) is 36.4 Å². The van der Waals surface area contributed by atoms with Crippen LogP contribution in [0.3, 0.4) is 0 Å². The summed E-state index contributed by atoms with van der Waals surface area (Å²) in [5.74, 6) is -0.0000322. The maximum Gasteiger partial charge on any atom is 0.241 e. The Labute approximate surface area is 151 Å². The monoisotopic (exact) mass is 364 g/mol. The van der Waals surface area contributed by atoms with Crippen molar-refractivity contribution in [2.24, 2.45) is 0 Å². The summed E-state index contributed by atoms with van der Waals surface area (Å²) < 4.78 is 0. The quantitative estimate of drug-likeness (QED) is 0.904. The molecule has 0 saturated carbocycles. The van der Waals surface area contributed by atoms with E-state index in [1.54, 1.807) is 23.5 Å². The number of hydrogen-bond donors (Lipinski definition) is 1. The van der Waals surface area contributed by atoms with Gasteiger partial charge in [-0.2, -0.15) is 0 Å². The van der Waals surface area contributed by atoms with Crippen LogP contribution in [0.4, 0.5) is 10.8 Å². The topological polar surface area (TPSA) is 48.5 Å². The summed E-state index contributed by atoms with van der Waals surface area (Å²) in [5, 5.41) is 6.63. The van der Waals surface area contributed by atoms with Crippen molar-refractivity contribution in [3.8, 4) is 0 Å². The molecule has 1 aliphatic heterocycles. The van der Waals surface area contributed by atoms with Crippen LogP contribution in [-0.2, 0) is 4.79 Å². The molecule has 1 aliphatic rings. The number of thiazole rings is 1. The summed E-state index contributed by atoms with van der Waals surface area (Å²) in [5.41, 5.74) is 0.735. The first-order chi connectivity index (χ1) is 11.6. The summed E-state index contributed by atoms with van der Waals surface area (Å²) >= 11 is 7.63. The molecule has 2 heterocycles. The number of carbonyl (C=O) groups is 1. The molecule has 24 heavy (non-hydrogen) atoms. The van der Waals surface area contributed by atoms with Crippen LogP contribution in [0, 0.1) is 0 Å². The van der Waals surface area contributed by atoms with E-state index in [1.165, 1.54) is 0 Å². The summed E-state index contributed by atoms with van der Waals surface area (Å²) in [6.45, 7) is 5.59. The normalized spacial score (nSPS) is 17.3. The van der Waals surface area contributed by atoms with E-state index < -0.39 is 0 Å². The Morgan fingerprint density at radius 2 is 2.21 bits per heavy atom. The second-order valence-electron chi connectivity index (χ2n) is 5.87. The number of rotatable bonds is 4. The maximum atomic E-state index is 12.5. The molecular weight excluding hydrogens is 344 g/mol. The van der Waals surface area contributed by atoms with Crippen LogP contribution in [-0.4, -0.2) is 48.0 Å². The molecule has 0 aliphatic carbocycles. The fraction of sp³-hybridized carbons (Fsp3) is 0.412. The highest BCUT2D eigenvalue weighted by molar-refractivity contribution is 7.13. The van der Waals surface area contributed by atoms with Crippen molar-refractivity contribution < 1.29 is 4.79 Å². The van der Waals surface area contributed by atoms with Gasteiger partial charge in [-0.25, -0.2) is 4.98 Å². The van der Waals surface area contributed by atoms with Crippen molar-refractivity contribution >= 4 is 39.7 Å². The van der Waals surface area contributed by atoms with Crippen molar-refractivity contribution in [2.45, 2.75) is 19.4 Å². The van der Waals surface area contributed by atoms with Crippen LogP contribution in [0.2, 0.25) is 5.02 Å². The van der Waals surface area contributed by atoms with Crippen LogP contribution >= 0.6 is 22.9 Å². The van der Waals surface area contributed by atoms with Gasteiger partial charge in [-0.05, 0) is 31.5 Å². The van der Waals surface area contributed by atoms with Gasteiger partial charge in [0.15, 0.2) is 5.13 Å². The lowest BCUT2D eigenvalue weighted by molar-refractivity contribution is -0.120. The molecule has 7 heteroatoms. The highest BCUT2D eigenvalue weighted by Gasteiger charge is 2.24. The number of amides is 1. The lowest BCUT2D eigenvalue weighted by Crippen LogP contribution is -2.43. The Hall–Kier alpha value is -1.63. The van der Waals surface area contributed by atoms with E-state index in [0.717, 1.165) is 43.4 Å². The number of anilines is 2. The molecule has 0 spiro atoms. The van der Waals surface area contributed by atoms with Gasteiger partial charge >= 0.3 is 0 Å². The zero-order chi connectivity index (χ0) is 16.9. The molecule has 1 aromatic carbocycles. The predicted octanol–water partition coefficient (Wildman–Crippen LogP) is 3.34. The summed E-state index contributed by atoms with van der Waals surface area (Å²) in [6, 6.07) is 7.06. The average molecular weight is 365 g/mol. The van der Waals surface area contributed by atoms with Gasteiger partial charge in [0.05, 0.1) is 6.04 Å². The molecule has 0 bridgehead atoms. The van der Waals surface area contributed by atoms with E-state index in [4.69, 9.17) is 11.6 Å². The smallest absolute Gasteiger partial charge is 0.241 e. The number of hydrogen-bond acceptors (Lipinski definition) is 5. The Balaban J connectivity index is 1.58. The molecule has 1 aromatic heterocycles. The van der Waals surface area contributed by atoms with Gasteiger partial charge in [0.1, 0.15) is 0 Å². The number of halogens is 1. The molecule has 1 N–H and O–H groups in total. The second kappa shape index (κ2) is 7.96. The van der Waals surface area contributed by atoms with E-state index in [0.29, 0.717) is 5.02 Å². The van der Waals surface area contributed by atoms with Gasteiger partial charge in [-0.1, -0.05) is 17.7 Å². The first-order valence-electron chi connectivity index (χ1n) is 8.08. The summed E-state index contributed by atoms with van der Waals surface area (Å²) in [6.07, 6.45) is 2.86. The third kappa shape index (κ3) is 4.26. The Morgan fingerprint density at radius 1 is 1.33 bits per heavy atom. The van der Waals surface area contributed by atoms with Crippen LogP contribution in [0.5, 0.6) is 0 Å². The van der Waals surface area contributed by atoms with Crippen LogP contribution < -0.4 is 10.2 Å². The Bertz CT molecular complexity index is 679. The SMILES string of the molecule is CC(C(=O)Nc1cccc(Cl)c1)N1CCCN(c2nccs2)CC1. The molecule has 1 unspecified atom stereocenters. The molecular formula is C17H21ClN4OS. The standard InChI is InChI=1S/C17H21ClN4OS/c1-13(16(23)20-15-5-2-4-14(18)12-15)21-7-3-8-22(10-9-21)17-19-6-11-24-17/h2,4-6,11-13H,3,7-10H2,1H3,(H,20,23). The minimum absolute atomic E-state index is 0.0000322. The van der Waals surface area contributed by atoms with E-state index in [9.17, 15) is 4.79 Å². The van der Waals surface area contributed by atoms with Gasteiger partial charge in [-0.3, -0.25) is 9.69 Å². The third-order valence-electron chi connectivity index (χ3n) is 4.24. The Morgan fingerprint density at radius 3 is 2.96 bits per heavy atom. The largest absolute Gasteiger partial charge is 0.347 e. The van der Waals surface area contributed by atoms with Gasteiger partial charge in [0.2, 0.25) is 5.91 Å². The number of nitrogens with one attached hydrogen (secondary N) is 1. The van der Waals surface area contributed by atoms with Crippen LogP contribution in [0.25, 0.3) is 0 Å². The van der Waals surface area contributed by atoms with Crippen molar-refractivity contribution in [3.63, 3.8) is 0 Å². The highest BCUT2D eigenvalue weighted by atomic mass is 35.5. The molecule has 128 valence electrons. The molecule has 1 atom stereocenters. The van der Waals surface area contributed by atoms with Crippen molar-refractivity contribution in [3.05, 3.63) is 40.9 Å². The lowest BCUT2D eigenvalue weighted by Gasteiger charge is -2.26. The fourth-order valence-corrected chi connectivity index (χ4v) is 3.75. The second-order valence-corrected chi connectivity index (χ2v) is 7.18. The minimum atomic E-state index is -0.180. The number of aromatic nitrogens is 1. The van der Waals surface area contributed by atoms with Crippen molar-refractivity contribution in [1.82, 2.24) is 9.88 Å². The number of carbonyl (C=O) groups excluding carboxylic acids is 1. The molecule has 1 saturated heterocycles. The molecule has 1 fully saturated rings. The first-order valence-corrected chi connectivity index (χ1v) is 9.34. The van der Waals surface area contributed by atoms with E-state index in [2.05, 4.69) is 20.1 Å². The predicted molar refractivity (Wildman–Crippen MR) is 100 cm³/mol. The van der Waals surface area contributed by atoms with Gasteiger partial charge in [-0.15, -0.1) is 11.3 Å². The molecule has 2 aromatic rings. The van der Waals surface area contributed by atoms with Crippen LogP contribution in [0.1, 0.15) is 13.3 Å². The van der Waals surface area contributed by atoms with Gasteiger partial charge in [0.25, 0.3) is 0 Å². The van der Waals surface area contributed by atoms with E-state index >= 15 is 0 Å². The molecule has 1 amide bonds. The highest BCUT2D eigenvalue weighted by Crippen LogP contribution is 2.20. The zero-order valence-electron chi connectivity index (χ0n) is 13.6. The molecule has 3 rings (SSSR count). The summed E-state index contributed by atoms with van der Waals surface area (Å²) in [7, 11) is 0. The van der Waals surface area contributed by atoms with Gasteiger partial charge < -0.3 is 10.2 Å². The summed E-state index contributed by atoms with van der Waals surface area (Å²) in [4.78, 5) is 21.4. The molecule has 5 nitrogen and oxygen atoms in total. The van der Waals surface area contributed by atoms with E-state index in [1.807, 2.05) is 30.6 Å². The average Bonchev–Trinajstić information content (AvgIpc) is 2.99. The fourth-order valence-electron chi connectivity index (χ4n) is 2.87. The molecule has 0 radical (unpaired) electrons. The lowest BCUT2D eigenvalue weighted by atomic mass is 10.2. The number of nitrogens with zero attached hydrogens (tertiary/aromatic N) is 3. The maximum absolute atomic E-state index is 12.5. The minimum Gasteiger partial charge on any atom is -0.347 e. The van der Waals surface area contributed by atoms with Crippen molar-refractivity contribution in [1.29, 1.82) is 0 Å². The Kier molecular flexibility index (Phi) is 5.71. The van der Waals surface area contributed by atoms with E-state index in [-0.39, 0.29) is 11.9 Å². The first kappa shape index (κ1) is 17.2.